The molecular weight excluding hydrogens is 335 g/mol. The first-order valence-electron chi connectivity index (χ1n) is 7.61. The quantitative estimate of drug-likeness (QED) is 0.882. The Hall–Kier alpha value is -2.22. The predicted octanol–water partition coefficient (Wildman–Crippen LogP) is 1.57. The summed E-state index contributed by atoms with van der Waals surface area (Å²) in [5.41, 5.74) is 1.33. The van der Waals surface area contributed by atoms with Crippen molar-refractivity contribution in [1.82, 2.24) is 10.3 Å². The van der Waals surface area contributed by atoms with Gasteiger partial charge in [-0.1, -0.05) is 0 Å². The van der Waals surface area contributed by atoms with Gasteiger partial charge in [-0.25, -0.2) is 17.8 Å². The van der Waals surface area contributed by atoms with Crippen molar-refractivity contribution in [1.29, 1.82) is 0 Å². The van der Waals surface area contributed by atoms with Gasteiger partial charge in [0, 0.05) is 18.5 Å². The monoisotopic (exact) mass is 352 g/mol. The SMILES string of the molecule is O=C(NCCc1coc(-c2ccc(F)cc2)n1)[C@@H]1CCS(=O)(=O)C1. The molecule has 1 fully saturated rings. The van der Waals surface area contributed by atoms with Crippen LogP contribution in [0.3, 0.4) is 0 Å². The Bertz CT molecular complexity index is 830. The fourth-order valence-corrected chi connectivity index (χ4v) is 4.35. The normalized spacial score (nSPS) is 19.3. The maximum absolute atomic E-state index is 12.9. The molecule has 0 saturated carbocycles. The van der Waals surface area contributed by atoms with E-state index in [4.69, 9.17) is 4.42 Å². The van der Waals surface area contributed by atoms with Crippen LogP contribution in [0.1, 0.15) is 12.1 Å². The van der Waals surface area contributed by atoms with Crippen LogP contribution in [-0.2, 0) is 21.1 Å². The molecule has 8 heteroatoms. The fraction of sp³-hybridized carbons (Fsp3) is 0.375. The maximum atomic E-state index is 12.9. The molecule has 1 aromatic carbocycles. The summed E-state index contributed by atoms with van der Waals surface area (Å²) in [6.07, 6.45) is 2.34. The van der Waals surface area contributed by atoms with E-state index >= 15 is 0 Å². The molecule has 2 heterocycles. The first kappa shape index (κ1) is 16.6. The van der Waals surface area contributed by atoms with Gasteiger partial charge >= 0.3 is 0 Å². The van der Waals surface area contributed by atoms with Gasteiger partial charge in [-0.05, 0) is 30.7 Å². The van der Waals surface area contributed by atoms with E-state index in [-0.39, 0.29) is 23.2 Å². The minimum atomic E-state index is -3.06. The maximum Gasteiger partial charge on any atom is 0.226 e. The van der Waals surface area contributed by atoms with E-state index in [2.05, 4.69) is 10.3 Å². The van der Waals surface area contributed by atoms with Crippen molar-refractivity contribution in [3.05, 3.63) is 42.0 Å². The Balaban J connectivity index is 1.51. The largest absolute Gasteiger partial charge is 0.444 e. The van der Waals surface area contributed by atoms with E-state index in [9.17, 15) is 17.6 Å². The van der Waals surface area contributed by atoms with Crippen molar-refractivity contribution in [3.8, 4) is 11.5 Å². The molecule has 2 aromatic rings. The Kier molecular flexibility index (Phi) is 4.66. The Labute approximate surface area is 139 Å². The molecule has 0 spiro atoms. The minimum absolute atomic E-state index is 0.0719. The molecule has 1 aliphatic rings. The third-order valence-corrected chi connectivity index (χ3v) is 5.69. The summed E-state index contributed by atoms with van der Waals surface area (Å²) >= 11 is 0. The number of rotatable bonds is 5. The lowest BCUT2D eigenvalue weighted by Gasteiger charge is -2.08. The molecule has 3 rings (SSSR count). The zero-order valence-corrected chi connectivity index (χ0v) is 13.7. The molecule has 1 atom stereocenters. The zero-order valence-electron chi connectivity index (χ0n) is 12.9. The molecule has 6 nitrogen and oxygen atoms in total. The van der Waals surface area contributed by atoms with Crippen molar-refractivity contribution >= 4 is 15.7 Å². The van der Waals surface area contributed by atoms with Gasteiger partial charge in [-0.3, -0.25) is 4.79 Å². The molecule has 128 valence electrons. The van der Waals surface area contributed by atoms with Crippen LogP contribution >= 0.6 is 0 Å². The lowest BCUT2D eigenvalue weighted by Crippen LogP contribution is -2.32. The molecule has 1 aromatic heterocycles. The number of hydrogen-bond acceptors (Lipinski definition) is 5. The minimum Gasteiger partial charge on any atom is -0.444 e. The number of amides is 1. The van der Waals surface area contributed by atoms with E-state index in [1.54, 1.807) is 12.1 Å². The molecular formula is C16H17FN2O4S. The van der Waals surface area contributed by atoms with Crippen molar-refractivity contribution in [2.45, 2.75) is 12.8 Å². The number of benzene rings is 1. The van der Waals surface area contributed by atoms with Crippen LogP contribution in [0.25, 0.3) is 11.5 Å². The number of nitrogens with zero attached hydrogens (tertiary/aromatic N) is 1. The van der Waals surface area contributed by atoms with Crippen LogP contribution in [0.5, 0.6) is 0 Å². The molecule has 24 heavy (non-hydrogen) atoms. The predicted molar refractivity (Wildman–Crippen MR) is 85.4 cm³/mol. The van der Waals surface area contributed by atoms with Crippen LogP contribution in [0.4, 0.5) is 4.39 Å². The highest BCUT2D eigenvalue weighted by Gasteiger charge is 2.32. The number of carbonyl (C=O) groups is 1. The zero-order chi connectivity index (χ0) is 17.2. The van der Waals surface area contributed by atoms with Crippen LogP contribution in [0, 0.1) is 11.7 Å². The Morgan fingerprint density at radius 1 is 1.33 bits per heavy atom. The van der Waals surface area contributed by atoms with Gasteiger partial charge in [0.1, 0.15) is 12.1 Å². The molecule has 0 unspecified atom stereocenters. The molecule has 0 bridgehead atoms. The topological polar surface area (TPSA) is 89.3 Å². The van der Waals surface area contributed by atoms with Crippen LogP contribution in [-0.4, -0.2) is 37.4 Å². The molecule has 1 aliphatic heterocycles. The van der Waals surface area contributed by atoms with Gasteiger partial charge in [-0.2, -0.15) is 0 Å². The van der Waals surface area contributed by atoms with Gasteiger partial charge in [0.2, 0.25) is 11.8 Å². The number of carbonyl (C=O) groups excluding carboxylic acids is 1. The lowest BCUT2D eigenvalue weighted by atomic mass is 10.1. The summed E-state index contributed by atoms with van der Waals surface area (Å²) in [7, 11) is -3.06. The fourth-order valence-electron chi connectivity index (χ4n) is 2.61. The van der Waals surface area contributed by atoms with Gasteiger partial charge < -0.3 is 9.73 Å². The number of sulfone groups is 1. The molecule has 1 saturated heterocycles. The lowest BCUT2D eigenvalue weighted by molar-refractivity contribution is -0.124. The average molecular weight is 352 g/mol. The summed E-state index contributed by atoms with van der Waals surface area (Å²) < 4.78 is 41.0. The van der Waals surface area contributed by atoms with E-state index in [1.165, 1.54) is 18.4 Å². The molecule has 1 amide bonds. The Morgan fingerprint density at radius 3 is 2.75 bits per heavy atom. The van der Waals surface area contributed by atoms with Crippen LogP contribution < -0.4 is 5.32 Å². The highest BCUT2D eigenvalue weighted by molar-refractivity contribution is 7.91. The summed E-state index contributed by atoms with van der Waals surface area (Å²) in [5.74, 6) is -0.631. The van der Waals surface area contributed by atoms with Gasteiger partial charge in [0.25, 0.3) is 0 Å². The highest BCUT2D eigenvalue weighted by atomic mass is 32.2. The van der Waals surface area contributed by atoms with Gasteiger partial charge in [0.15, 0.2) is 9.84 Å². The third-order valence-electron chi connectivity index (χ3n) is 3.93. The van der Waals surface area contributed by atoms with Gasteiger partial charge in [0.05, 0.1) is 23.1 Å². The number of nitrogens with one attached hydrogen (secondary N) is 1. The summed E-state index contributed by atoms with van der Waals surface area (Å²) in [4.78, 5) is 16.2. The van der Waals surface area contributed by atoms with Crippen LogP contribution in [0.15, 0.2) is 34.9 Å². The second-order valence-electron chi connectivity index (χ2n) is 5.79. The number of oxazole rings is 1. The third kappa shape index (κ3) is 4.00. The van der Waals surface area contributed by atoms with Crippen molar-refractivity contribution in [2.24, 2.45) is 5.92 Å². The van der Waals surface area contributed by atoms with E-state index in [0.717, 1.165) is 0 Å². The van der Waals surface area contributed by atoms with E-state index in [1.807, 2.05) is 0 Å². The summed E-state index contributed by atoms with van der Waals surface area (Å²) in [5, 5.41) is 2.73. The molecule has 0 radical (unpaired) electrons. The molecule has 0 aliphatic carbocycles. The summed E-state index contributed by atoms with van der Waals surface area (Å²) in [6.45, 7) is 0.352. The van der Waals surface area contributed by atoms with Crippen molar-refractivity contribution in [3.63, 3.8) is 0 Å². The van der Waals surface area contributed by atoms with E-state index in [0.29, 0.717) is 36.5 Å². The van der Waals surface area contributed by atoms with Crippen LogP contribution in [0.2, 0.25) is 0 Å². The molecule has 1 N–H and O–H groups in total. The average Bonchev–Trinajstić information content (AvgIpc) is 3.14. The standard InChI is InChI=1S/C16H17FN2O4S/c17-13-3-1-11(2-4-13)16-19-14(9-23-16)5-7-18-15(20)12-6-8-24(21,22)10-12/h1-4,9,12H,5-8,10H2,(H,18,20)/t12-/m1/s1. The number of hydrogen-bond donors (Lipinski definition) is 1. The number of aromatic nitrogens is 1. The second-order valence-corrected chi connectivity index (χ2v) is 8.02. The first-order chi connectivity index (χ1) is 11.4. The number of halogens is 1. The van der Waals surface area contributed by atoms with E-state index < -0.39 is 15.8 Å². The van der Waals surface area contributed by atoms with Crippen molar-refractivity contribution < 1.29 is 22.0 Å². The van der Waals surface area contributed by atoms with Gasteiger partial charge in [-0.15, -0.1) is 0 Å². The highest BCUT2D eigenvalue weighted by Crippen LogP contribution is 2.20. The smallest absolute Gasteiger partial charge is 0.226 e. The second kappa shape index (κ2) is 6.72. The first-order valence-corrected chi connectivity index (χ1v) is 9.43. The Morgan fingerprint density at radius 2 is 2.08 bits per heavy atom. The van der Waals surface area contributed by atoms with Crippen molar-refractivity contribution in [2.75, 3.05) is 18.1 Å². The summed E-state index contributed by atoms with van der Waals surface area (Å²) in [6, 6.07) is 5.81.